The van der Waals surface area contributed by atoms with E-state index in [9.17, 15) is 4.79 Å². The van der Waals surface area contributed by atoms with Gasteiger partial charge in [-0.2, -0.15) is 0 Å². The third-order valence-electron chi connectivity index (χ3n) is 2.73. The van der Waals surface area contributed by atoms with Gasteiger partial charge in [0.05, 0.1) is 0 Å². The quantitative estimate of drug-likeness (QED) is 0.832. The van der Waals surface area contributed by atoms with Gasteiger partial charge in [-0.05, 0) is 55.3 Å². The molecule has 1 amide bonds. The van der Waals surface area contributed by atoms with E-state index in [1.54, 1.807) is 12.1 Å². The fourth-order valence-corrected chi connectivity index (χ4v) is 1.56. The summed E-state index contributed by atoms with van der Waals surface area (Å²) in [5.41, 5.74) is 3.75. The molecule has 0 atom stereocenters. The predicted octanol–water partition coefficient (Wildman–Crippen LogP) is 3.36. The number of amides is 1. The van der Waals surface area contributed by atoms with Crippen LogP contribution in [0.4, 0.5) is 5.69 Å². The minimum Gasteiger partial charge on any atom is -0.322 e. The molecule has 2 aromatic rings. The molecule has 2 nitrogen and oxygen atoms in total. The van der Waals surface area contributed by atoms with Gasteiger partial charge in [-0.25, -0.2) is 0 Å². The van der Waals surface area contributed by atoms with Gasteiger partial charge >= 0.3 is 0 Å². The molecule has 17 heavy (non-hydrogen) atoms. The zero-order valence-electron chi connectivity index (χ0n) is 9.95. The smallest absolute Gasteiger partial charge is 0.255 e. The molecule has 0 heterocycles. The monoisotopic (exact) mass is 224 g/mol. The van der Waals surface area contributed by atoms with Gasteiger partial charge < -0.3 is 5.32 Å². The first-order valence-corrected chi connectivity index (χ1v) is 5.51. The molecule has 0 aliphatic heterocycles. The number of carbonyl (C=O) groups is 1. The Hall–Kier alpha value is -2.09. The Bertz CT molecular complexity index is 532. The second-order valence-corrected chi connectivity index (χ2v) is 4.05. The highest BCUT2D eigenvalue weighted by molar-refractivity contribution is 6.04. The fraction of sp³-hybridized carbons (Fsp3) is 0.133. The van der Waals surface area contributed by atoms with Gasteiger partial charge in [0.2, 0.25) is 0 Å². The lowest BCUT2D eigenvalue weighted by atomic mass is 10.1. The van der Waals surface area contributed by atoms with Gasteiger partial charge in [0.15, 0.2) is 0 Å². The van der Waals surface area contributed by atoms with Crippen LogP contribution in [0, 0.1) is 19.9 Å². The lowest BCUT2D eigenvalue weighted by Crippen LogP contribution is -2.12. The molecular formula is C15H14NO. The summed E-state index contributed by atoms with van der Waals surface area (Å²) in [4.78, 5) is 12.0. The molecule has 0 aliphatic rings. The summed E-state index contributed by atoms with van der Waals surface area (Å²) in [6, 6.07) is 15.9. The topological polar surface area (TPSA) is 29.1 Å². The molecule has 0 unspecified atom stereocenters. The van der Waals surface area contributed by atoms with Crippen molar-refractivity contribution in [1.29, 1.82) is 0 Å². The van der Waals surface area contributed by atoms with E-state index in [1.807, 2.05) is 44.2 Å². The van der Waals surface area contributed by atoms with Crippen LogP contribution in [0.1, 0.15) is 21.5 Å². The molecule has 0 spiro atoms. The summed E-state index contributed by atoms with van der Waals surface area (Å²) in [5, 5.41) is 2.83. The number of hydrogen-bond acceptors (Lipinski definition) is 1. The minimum absolute atomic E-state index is 0.0901. The summed E-state index contributed by atoms with van der Waals surface area (Å²) in [5.74, 6) is -0.0901. The second kappa shape index (κ2) is 4.83. The Balaban J connectivity index is 2.18. The van der Waals surface area contributed by atoms with Crippen LogP contribution in [0.5, 0.6) is 0 Å². The molecule has 0 aliphatic carbocycles. The molecule has 0 saturated carbocycles. The third-order valence-corrected chi connectivity index (χ3v) is 2.73. The normalized spacial score (nSPS) is 10.0. The maximum absolute atomic E-state index is 12.0. The number of aryl methyl sites for hydroxylation is 2. The Morgan fingerprint density at radius 2 is 2.00 bits per heavy atom. The maximum atomic E-state index is 12.0. The number of rotatable bonds is 2. The van der Waals surface area contributed by atoms with Crippen molar-refractivity contribution in [2.24, 2.45) is 0 Å². The van der Waals surface area contributed by atoms with Crippen LogP contribution in [0.2, 0.25) is 0 Å². The predicted molar refractivity (Wildman–Crippen MR) is 69.1 cm³/mol. The largest absolute Gasteiger partial charge is 0.322 e. The van der Waals surface area contributed by atoms with Gasteiger partial charge in [-0.1, -0.05) is 18.2 Å². The van der Waals surface area contributed by atoms with Gasteiger partial charge in [-0.15, -0.1) is 0 Å². The van der Waals surface area contributed by atoms with Crippen LogP contribution >= 0.6 is 0 Å². The third kappa shape index (κ3) is 2.72. The van der Waals surface area contributed by atoms with Crippen molar-refractivity contribution >= 4 is 11.6 Å². The number of nitrogens with one attached hydrogen (secondary N) is 1. The Morgan fingerprint density at radius 3 is 2.65 bits per heavy atom. The zero-order chi connectivity index (χ0) is 12.3. The minimum atomic E-state index is -0.0901. The van der Waals surface area contributed by atoms with E-state index in [1.165, 1.54) is 5.56 Å². The molecule has 1 N–H and O–H groups in total. The standard InChI is InChI=1S/C15H14NO/c1-11-8-9-13(10-12(11)2)15(17)16-14-6-4-3-5-7-14/h3-4,6-10H,1-2H3,(H,16,17). The number of anilines is 1. The van der Waals surface area contributed by atoms with Crippen LogP contribution in [0.25, 0.3) is 0 Å². The van der Waals surface area contributed by atoms with Crippen LogP contribution in [-0.4, -0.2) is 5.91 Å². The lowest BCUT2D eigenvalue weighted by molar-refractivity contribution is 0.102. The second-order valence-electron chi connectivity index (χ2n) is 4.05. The maximum Gasteiger partial charge on any atom is 0.255 e. The summed E-state index contributed by atoms with van der Waals surface area (Å²) >= 11 is 0. The first-order valence-electron chi connectivity index (χ1n) is 5.51. The fourth-order valence-electron chi connectivity index (χ4n) is 1.56. The lowest BCUT2D eigenvalue weighted by Gasteiger charge is -2.06. The van der Waals surface area contributed by atoms with Gasteiger partial charge in [0.25, 0.3) is 5.91 Å². The van der Waals surface area contributed by atoms with Crippen molar-refractivity contribution in [2.75, 3.05) is 5.32 Å². The number of hydrogen-bond donors (Lipinski definition) is 1. The highest BCUT2D eigenvalue weighted by Crippen LogP contribution is 2.12. The number of carbonyl (C=O) groups excluding carboxylic acids is 1. The molecule has 0 saturated heterocycles. The van der Waals surface area contributed by atoms with Crippen molar-refractivity contribution in [3.05, 3.63) is 65.2 Å². The Morgan fingerprint density at radius 1 is 1.18 bits per heavy atom. The van der Waals surface area contributed by atoms with Crippen molar-refractivity contribution in [2.45, 2.75) is 13.8 Å². The van der Waals surface area contributed by atoms with Crippen LogP contribution < -0.4 is 5.32 Å². The van der Waals surface area contributed by atoms with Crippen molar-refractivity contribution in [3.8, 4) is 0 Å². The van der Waals surface area contributed by atoms with Crippen LogP contribution in [0.15, 0.2) is 42.5 Å². The molecule has 0 fully saturated rings. The molecule has 2 rings (SSSR count). The van der Waals surface area contributed by atoms with Gasteiger partial charge in [-0.3, -0.25) is 4.79 Å². The summed E-state index contributed by atoms with van der Waals surface area (Å²) in [6.45, 7) is 4.03. The first kappa shape index (κ1) is 11.4. The molecule has 1 radical (unpaired) electrons. The summed E-state index contributed by atoms with van der Waals surface area (Å²) in [7, 11) is 0. The Kier molecular flexibility index (Phi) is 3.24. The van der Waals surface area contributed by atoms with Gasteiger partial charge in [0, 0.05) is 11.3 Å². The van der Waals surface area contributed by atoms with E-state index in [-0.39, 0.29) is 5.91 Å². The van der Waals surface area contributed by atoms with Crippen molar-refractivity contribution in [1.82, 2.24) is 0 Å². The molecule has 85 valence electrons. The van der Waals surface area contributed by atoms with E-state index >= 15 is 0 Å². The highest BCUT2D eigenvalue weighted by atomic mass is 16.1. The van der Waals surface area contributed by atoms with Crippen LogP contribution in [0.3, 0.4) is 0 Å². The SMILES string of the molecule is Cc1ccc(C(=O)Nc2c[c]ccc2)cc1C. The summed E-state index contributed by atoms with van der Waals surface area (Å²) < 4.78 is 0. The van der Waals surface area contributed by atoms with E-state index in [0.29, 0.717) is 5.56 Å². The average Bonchev–Trinajstić information content (AvgIpc) is 2.34. The Labute approximate surface area is 101 Å². The van der Waals surface area contributed by atoms with Crippen molar-refractivity contribution in [3.63, 3.8) is 0 Å². The number of benzene rings is 2. The first-order chi connectivity index (χ1) is 8.16. The average molecular weight is 224 g/mol. The highest BCUT2D eigenvalue weighted by Gasteiger charge is 2.06. The molecule has 2 heteroatoms. The van der Waals surface area contributed by atoms with Crippen LogP contribution in [-0.2, 0) is 0 Å². The zero-order valence-corrected chi connectivity index (χ0v) is 9.95. The summed E-state index contributed by atoms with van der Waals surface area (Å²) in [6.07, 6.45) is 0. The van der Waals surface area contributed by atoms with Crippen molar-refractivity contribution < 1.29 is 4.79 Å². The molecule has 2 aromatic carbocycles. The van der Waals surface area contributed by atoms with E-state index in [0.717, 1.165) is 11.3 Å². The molecule has 0 aromatic heterocycles. The van der Waals surface area contributed by atoms with Gasteiger partial charge in [0.1, 0.15) is 0 Å². The van der Waals surface area contributed by atoms with E-state index in [4.69, 9.17) is 0 Å². The van der Waals surface area contributed by atoms with E-state index in [2.05, 4.69) is 11.4 Å². The molecule has 0 bridgehead atoms. The van der Waals surface area contributed by atoms with E-state index < -0.39 is 0 Å². The molecular weight excluding hydrogens is 210 g/mol.